The third kappa shape index (κ3) is 4.67. The molecule has 10 rings (SSSR count). The van der Waals surface area contributed by atoms with Gasteiger partial charge < -0.3 is 9.88 Å². The fourth-order valence-electron chi connectivity index (χ4n) is 9.11. The summed E-state index contributed by atoms with van der Waals surface area (Å²) in [6, 6.07) is 52.0. The number of allylic oxidation sites excluding steroid dienone is 1. The smallest absolute Gasteiger partial charge is 0.0742 e. The van der Waals surface area contributed by atoms with Gasteiger partial charge in [0.15, 0.2) is 0 Å². The van der Waals surface area contributed by atoms with Crippen molar-refractivity contribution in [2.24, 2.45) is 0 Å². The van der Waals surface area contributed by atoms with E-state index in [4.69, 9.17) is 12.6 Å². The van der Waals surface area contributed by atoms with Crippen LogP contribution in [-0.4, -0.2) is 10.6 Å². The first-order chi connectivity index (χ1) is 25.5. The number of hydrogen-bond acceptors (Lipinski definition) is 3. The first kappa shape index (κ1) is 31.6. The number of aryl methyl sites for hydroxylation is 1. The van der Waals surface area contributed by atoms with Gasteiger partial charge in [-0.05, 0) is 107 Å². The minimum absolute atomic E-state index is 0.448. The van der Waals surface area contributed by atoms with Gasteiger partial charge in [0, 0.05) is 55.2 Å². The summed E-state index contributed by atoms with van der Waals surface area (Å²) in [6.07, 6.45) is 6.71. The second-order valence-corrected chi connectivity index (χ2v) is 15.9. The Morgan fingerprint density at radius 2 is 1.50 bits per heavy atom. The first-order valence-corrected chi connectivity index (χ1v) is 19.4. The quantitative estimate of drug-likeness (QED) is 0.173. The number of aromatic nitrogens is 1. The van der Waals surface area contributed by atoms with Crippen molar-refractivity contribution in [2.75, 3.05) is 0 Å². The number of para-hydroxylation sites is 2. The third-order valence-corrected chi connectivity index (χ3v) is 12.8. The van der Waals surface area contributed by atoms with Gasteiger partial charge in [-0.25, -0.2) is 0 Å². The van der Waals surface area contributed by atoms with Crippen LogP contribution >= 0.6 is 24.4 Å². The van der Waals surface area contributed by atoms with Crippen molar-refractivity contribution in [3.63, 3.8) is 0 Å². The van der Waals surface area contributed by atoms with E-state index in [-0.39, 0.29) is 0 Å². The van der Waals surface area contributed by atoms with Crippen LogP contribution in [0, 0.1) is 6.92 Å². The summed E-state index contributed by atoms with van der Waals surface area (Å²) in [5.41, 5.74) is 16.0. The molecule has 3 aliphatic rings. The molecule has 0 amide bonds. The summed E-state index contributed by atoms with van der Waals surface area (Å²) in [5, 5.41) is 5.00. The van der Waals surface area contributed by atoms with Crippen LogP contribution in [0.1, 0.15) is 63.5 Å². The molecule has 52 heavy (non-hydrogen) atoms. The van der Waals surface area contributed by atoms with Crippen molar-refractivity contribution < 1.29 is 0 Å². The molecule has 1 N–H and O–H groups in total. The Labute approximate surface area is 315 Å². The highest BCUT2D eigenvalue weighted by atomic mass is 32.2. The van der Waals surface area contributed by atoms with E-state index < -0.39 is 5.41 Å². The van der Waals surface area contributed by atoms with Gasteiger partial charge in [-0.3, -0.25) is 0 Å². The molecule has 2 atom stereocenters. The fourth-order valence-corrected chi connectivity index (χ4v) is 10.7. The van der Waals surface area contributed by atoms with Crippen LogP contribution in [0.4, 0.5) is 0 Å². The molecule has 4 heteroatoms. The number of fused-ring (bicyclic) bond motifs is 5. The van der Waals surface area contributed by atoms with Crippen molar-refractivity contribution in [3.8, 4) is 5.69 Å². The van der Waals surface area contributed by atoms with Crippen molar-refractivity contribution in [1.82, 2.24) is 9.88 Å². The van der Waals surface area contributed by atoms with Crippen LogP contribution in [0.15, 0.2) is 160 Å². The lowest BCUT2D eigenvalue weighted by Gasteiger charge is -2.44. The zero-order valence-electron chi connectivity index (χ0n) is 29.2. The third-order valence-electron chi connectivity index (χ3n) is 11.3. The van der Waals surface area contributed by atoms with E-state index in [1.54, 1.807) is 0 Å². The van der Waals surface area contributed by atoms with Crippen LogP contribution in [0.25, 0.3) is 33.9 Å². The average molecular weight is 707 g/mol. The summed E-state index contributed by atoms with van der Waals surface area (Å²) in [7, 11) is 0. The van der Waals surface area contributed by atoms with Gasteiger partial charge in [0.1, 0.15) is 0 Å². The van der Waals surface area contributed by atoms with E-state index >= 15 is 0 Å². The van der Waals surface area contributed by atoms with Gasteiger partial charge in [-0.15, -0.1) is 12.6 Å². The second kappa shape index (κ2) is 12.2. The minimum atomic E-state index is -0.607. The van der Waals surface area contributed by atoms with E-state index in [1.807, 2.05) is 11.8 Å². The molecular formula is C48H38N2S2. The minimum Gasteiger partial charge on any atom is -0.382 e. The highest BCUT2D eigenvalue weighted by Gasteiger charge is 2.47. The van der Waals surface area contributed by atoms with Crippen molar-refractivity contribution in [3.05, 3.63) is 196 Å². The lowest BCUT2D eigenvalue weighted by atomic mass is 9.62. The number of benzene rings is 6. The SMILES string of the molecule is Cc1cccc(C2=Cc3c(n(-c4ccccc4)c4ccccc34)C2)c1C1(c2ccccc2S)c2ccccc2Sc2cc(C3=CCC(C)N3)ccc21. The van der Waals surface area contributed by atoms with E-state index in [2.05, 4.69) is 175 Å². The molecule has 0 bridgehead atoms. The molecule has 0 saturated heterocycles. The van der Waals surface area contributed by atoms with E-state index in [0.29, 0.717) is 6.04 Å². The Bertz CT molecular complexity index is 2610. The first-order valence-electron chi connectivity index (χ1n) is 18.2. The predicted molar refractivity (Wildman–Crippen MR) is 221 cm³/mol. The Hall–Kier alpha value is -5.16. The van der Waals surface area contributed by atoms with E-state index in [9.17, 15) is 0 Å². The van der Waals surface area contributed by atoms with Crippen molar-refractivity contribution in [1.29, 1.82) is 0 Å². The number of nitrogens with one attached hydrogen (secondary N) is 1. The van der Waals surface area contributed by atoms with Gasteiger partial charge in [0.05, 0.1) is 10.9 Å². The maximum atomic E-state index is 5.26. The molecule has 2 aliphatic heterocycles. The molecule has 252 valence electrons. The molecule has 0 fully saturated rings. The lowest BCUT2D eigenvalue weighted by molar-refractivity contribution is 0.680. The topological polar surface area (TPSA) is 17.0 Å². The Morgan fingerprint density at radius 3 is 2.33 bits per heavy atom. The number of hydrogen-bond donors (Lipinski definition) is 2. The lowest BCUT2D eigenvalue weighted by Crippen LogP contribution is -2.36. The molecule has 0 spiro atoms. The van der Waals surface area contributed by atoms with E-state index in [0.717, 1.165) is 17.7 Å². The molecule has 6 aromatic carbocycles. The van der Waals surface area contributed by atoms with Crippen molar-refractivity contribution >= 4 is 52.6 Å². The summed E-state index contributed by atoms with van der Waals surface area (Å²) >= 11 is 7.15. The van der Waals surface area contributed by atoms with Gasteiger partial charge in [-0.1, -0.05) is 121 Å². The van der Waals surface area contributed by atoms with Crippen LogP contribution in [0.5, 0.6) is 0 Å². The molecule has 2 unspecified atom stereocenters. The molecule has 7 aromatic rings. The van der Waals surface area contributed by atoms with Gasteiger partial charge in [0.2, 0.25) is 0 Å². The van der Waals surface area contributed by atoms with Crippen LogP contribution in [0.2, 0.25) is 0 Å². The molecule has 2 nitrogen and oxygen atoms in total. The standard InChI is InChI=1S/C48H38N2S2/c1-30-13-12-17-35(33-27-37-36-16-6-9-20-42(36)50(43(37)28-33)34-14-4-3-5-15-34)47(30)48(38-18-7-10-21-44(38)51)39-19-8-11-22-45(39)52-46-29-32(24-25-40(46)48)41-26-23-31(2)49-41/h3-22,24-27,29,31,49,51H,23,28H2,1-2H3. The van der Waals surface area contributed by atoms with Gasteiger partial charge in [0.25, 0.3) is 0 Å². The van der Waals surface area contributed by atoms with Gasteiger partial charge in [-0.2, -0.15) is 0 Å². The predicted octanol–water partition coefficient (Wildman–Crippen LogP) is 11.9. The molecule has 3 heterocycles. The summed E-state index contributed by atoms with van der Waals surface area (Å²) in [5.74, 6) is 0. The second-order valence-electron chi connectivity index (χ2n) is 14.4. The van der Waals surface area contributed by atoms with E-state index in [1.165, 1.54) is 87.9 Å². The maximum absolute atomic E-state index is 5.26. The van der Waals surface area contributed by atoms with Crippen LogP contribution < -0.4 is 5.32 Å². The molecule has 0 saturated carbocycles. The Morgan fingerprint density at radius 1 is 0.750 bits per heavy atom. The maximum Gasteiger partial charge on any atom is 0.0742 e. The zero-order chi connectivity index (χ0) is 35.0. The van der Waals surface area contributed by atoms with Crippen LogP contribution in [-0.2, 0) is 11.8 Å². The fraction of sp³-hybridized carbons (Fsp3) is 0.125. The Kier molecular flexibility index (Phi) is 7.42. The summed E-state index contributed by atoms with van der Waals surface area (Å²) in [4.78, 5) is 3.56. The zero-order valence-corrected chi connectivity index (χ0v) is 30.9. The van der Waals surface area contributed by atoms with Crippen LogP contribution in [0.3, 0.4) is 0 Å². The number of nitrogens with zero attached hydrogens (tertiary/aromatic N) is 1. The normalized spacial score (nSPS) is 18.7. The number of thiol groups is 1. The molecule has 1 aromatic heterocycles. The highest BCUT2D eigenvalue weighted by Crippen LogP contribution is 2.59. The Balaban J connectivity index is 1.26. The molecule has 1 aliphatic carbocycles. The highest BCUT2D eigenvalue weighted by molar-refractivity contribution is 7.99. The van der Waals surface area contributed by atoms with Crippen molar-refractivity contribution in [2.45, 2.75) is 52.8 Å². The largest absolute Gasteiger partial charge is 0.382 e. The molecule has 0 radical (unpaired) electrons. The molecular weight excluding hydrogens is 669 g/mol. The average Bonchev–Trinajstić information content (AvgIpc) is 3.89. The number of rotatable bonds is 5. The van der Waals surface area contributed by atoms with Gasteiger partial charge >= 0.3 is 0 Å². The summed E-state index contributed by atoms with van der Waals surface area (Å²) < 4.78 is 2.47. The summed E-state index contributed by atoms with van der Waals surface area (Å²) in [6.45, 7) is 4.55. The monoisotopic (exact) mass is 706 g/mol.